The molecule has 0 unspecified atom stereocenters. The van der Waals surface area contributed by atoms with Gasteiger partial charge in [-0.1, -0.05) is 51.5 Å². The van der Waals surface area contributed by atoms with E-state index in [9.17, 15) is 0 Å². The zero-order valence-corrected chi connectivity index (χ0v) is 11.4. The van der Waals surface area contributed by atoms with Gasteiger partial charge < -0.3 is 4.98 Å². The first-order valence-electron chi connectivity index (χ1n) is 7.32. The summed E-state index contributed by atoms with van der Waals surface area (Å²) in [5, 5.41) is 0. The van der Waals surface area contributed by atoms with Gasteiger partial charge >= 0.3 is 0 Å². The number of aromatic amines is 1. The van der Waals surface area contributed by atoms with Gasteiger partial charge in [0.2, 0.25) is 0 Å². The fourth-order valence-corrected chi connectivity index (χ4v) is 2.42. The van der Waals surface area contributed by atoms with E-state index in [1.807, 2.05) is 0 Å². The Balaban J connectivity index is 1.67. The summed E-state index contributed by atoms with van der Waals surface area (Å²) in [5.41, 5.74) is 3.66. The summed E-state index contributed by atoms with van der Waals surface area (Å²) in [5.74, 6) is 0. The second kappa shape index (κ2) is 7.20. The van der Waals surface area contributed by atoms with Gasteiger partial charge in [-0.05, 0) is 30.5 Å². The van der Waals surface area contributed by atoms with E-state index in [0.717, 1.165) is 11.0 Å². The van der Waals surface area contributed by atoms with E-state index in [4.69, 9.17) is 0 Å². The molecule has 1 aromatic carbocycles. The second-order valence-electron chi connectivity index (χ2n) is 5.13. The van der Waals surface area contributed by atoms with Crippen LogP contribution in [0.3, 0.4) is 0 Å². The third kappa shape index (κ3) is 3.86. The second-order valence-corrected chi connectivity index (χ2v) is 5.13. The molecule has 98 valence electrons. The number of rotatable bonds is 8. The lowest BCUT2D eigenvalue weighted by Gasteiger charge is -2.02. The lowest BCUT2D eigenvalue weighted by atomic mass is 10.0. The van der Waals surface area contributed by atoms with E-state index in [1.54, 1.807) is 6.33 Å². The van der Waals surface area contributed by atoms with Crippen LogP contribution in [0.4, 0.5) is 0 Å². The maximum Gasteiger partial charge on any atom is 0.0931 e. The van der Waals surface area contributed by atoms with Crippen molar-refractivity contribution < 1.29 is 0 Å². The molecular weight excluding hydrogens is 220 g/mol. The van der Waals surface area contributed by atoms with Gasteiger partial charge in [0.25, 0.3) is 0 Å². The minimum Gasteiger partial charge on any atom is -0.345 e. The molecule has 0 spiro atoms. The molecule has 2 rings (SSSR count). The zero-order chi connectivity index (χ0) is 12.6. The van der Waals surface area contributed by atoms with Crippen LogP contribution in [0.15, 0.2) is 24.5 Å². The summed E-state index contributed by atoms with van der Waals surface area (Å²) < 4.78 is 0. The highest BCUT2D eigenvalue weighted by molar-refractivity contribution is 5.74. The Morgan fingerprint density at radius 2 is 1.78 bits per heavy atom. The Hall–Kier alpha value is -1.31. The number of benzene rings is 1. The summed E-state index contributed by atoms with van der Waals surface area (Å²) in [6, 6.07) is 6.56. The third-order valence-corrected chi connectivity index (χ3v) is 3.55. The van der Waals surface area contributed by atoms with Gasteiger partial charge in [0.1, 0.15) is 0 Å². The molecule has 0 aliphatic rings. The van der Waals surface area contributed by atoms with Crippen LogP contribution >= 0.6 is 0 Å². The summed E-state index contributed by atoms with van der Waals surface area (Å²) in [6.45, 7) is 2.27. The van der Waals surface area contributed by atoms with Crippen LogP contribution in [-0.4, -0.2) is 9.97 Å². The largest absolute Gasteiger partial charge is 0.345 e. The highest BCUT2D eigenvalue weighted by atomic mass is 14.9. The van der Waals surface area contributed by atoms with Crippen LogP contribution < -0.4 is 0 Å². The summed E-state index contributed by atoms with van der Waals surface area (Å²) in [7, 11) is 0. The molecule has 1 aromatic heterocycles. The molecule has 18 heavy (non-hydrogen) atoms. The molecule has 0 bridgehead atoms. The fraction of sp³-hybridized carbons (Fsp3) is 0.562. The van der Waals surface area contributed by atoms with Gasteiger partial charge in [-0.3, -0.25) is 0 Å². The van der Waals surface area contributed by atoms with Crippen LogP contribution in [0.1, 0.15) is 57.4 Å². The van der Waals surface area contributed by atoms with Crippen molar-refractivity contribution in [3.63, 3.8) is 0 Å². The predicted molar refractivity (Wildman–Crippen MR) is 77.8 cm³/mol. The smallest absolute Gasteiger partial charge is 0.0931 e. The van der Waals surface area contributed by atoms with Gasteiger partial charge in [-0.2, -0.15) is 0 Å². The van der Waals surface area contributed by atoms with E-state index in [1.165, 1.54) is 56.9 Å². The molecule has 0 radical (unpaired) electrons. The number of hydrogen-bond acceptors (Lipinski definition) is 1. The predicted octanol–water partition coefficient (Wildman–Crippen LogP) is 4.86. The maximum atomic E-state index is 4.24. The van der Waals surface area contributed by atoms with E-state index in [2.05, 4.69) is 35.1 Å². The van der Waals surface area contributed by atoms with Crippen molar-refractivity contribution in [3.05, 3.63) is 30.1 Å². The molecule has 0 amide bonds. The number of hydrogen-bond donors (Lipinski definition) is 1. The van der Waals surface area contributed by atoms with E-state index < -0.39 is 0 Å². The molecule has 0 saturated carbocycles. The van der Waals surface area contributed by atoms with Crippen LogP contribution in [0, 0.1) is 0 Å². The van der Waals surface area contributed by atoms with E-state index in [0.29, 0.717) is 0 Å². The fourth-order valence-electron chi connectivity index (χ4n) is 2.42. The highest BCUT2D eigenvalue weighted by Gasteiger charge is 1.98. The monoisotopic (exact) mass is 244 g/mol. The normalized spacial score (nSPS) is 11.2. The number of nitrogens with one attached hydrogen (secondary N) is 1. The van der Waals surface area contributed by atoms with Crippen molar-refractivity contribution in [3.8, 4) is 0 Å². The molecular formula is C16H24N2. The van der Waals surface area contributed by atoms with E-state index >= 15 is 0 Å². The topological polar surface area (TPSA) is 28.7 Å². The molecule has 1 N–H and O–H groups in total. The maximum absolute atomic E-state index is 4.24. The Bertz CT molecular complexity index is 459. The van der Waals surface area contributed by atoms with Gasteiger partial charge in [-0.15, -0.1) is 0 Å². The number of aryl methyl sites for hydroxylation is 1. The Kier molecular flexibility index (Phi) is 5.25. The van der Waals surface area contributed by atoms with Crippen molar-refractivity contribution >= 4 is 11.0 Å². The van der Waals surface area contributed by atoms with Crippen LogP contribution in [0.25, 0.3) is 11.0 Å². The average Bonchev–Trinajstić information content (AvgIpc) is 2.85. The lowest BCUT2D eigenvalue weighted by Crippen LogP contribution is -1.86. The van der Waals surface area contributed by atoms with Crippen LogP contribution in [0.2, 0.25) is 0 Å². The van der Waals surface area contributed by atoms with Crippen LogP contribution in [-0.2, 0) is 6.42 Å². The van der Waals surface area contributed by atoms with Crippen molar-refractivity contribution in [2.75, 3.05) is 0 Å². The Morgan fingerprint density at radius 1 is 1.00 bits per heavy atom. The summed E-state index contributed by atoms with van der Waals surface area (Å²) in [6.07, 6.45) is 12.6. The molecule has 0 aliphatic carbocycles. The molecule has 0 atom stereocenters. The molecule has 1 heterocycles. The Morgan fingerprint density at radius 3 is 2.61 bits per heavy atom. The first-order chi connectivity index (χ1) is 8.90. The minimum absolute atomic E-state index is 1.07. The number of nitrogens with zero attached hydrogens (tertiary/aromatic N) is 1. The Labute approximate surface area is 110 Å². The number of H-pyrrole nitrogens is 1. The van der Waals surface area contributed by atoms with Crippen LogP contribution in [0.5, 0.6) is 0 Å². The average molecular weight is 244 g/mol. The van der Waals surface area contributed by atoms with Crippen molar-refractivity contribution in [2.45, 2.75) is 58.3 Å². The van der Waals surface area contributed by atoms with Gasteiger partial charge in [0.05, 0.1) is 17.4 Å². The molecule has 0 fully saturated rings. The SMILES string of the molecule is CCCCCCCCCc1ccc2nc[nH]c2c1. The quantitative estimate of drug-likeness (QED) is 0.660. The first kappa shape index (κ1) is 13.1. The van der Waals surface area contributed by atoms with Gasteiger partial charge in [0, 0.05) is 0 Å². The summed E-state index contributed by atoms with van der Waals surface area (Å²) in [4.78, 5) is 7.42. The third-order valence-electron chi connectivity index (χ3n) is 3.55. The van der Waals surface area contributed by atoms with Crippen molar-refractivity contribution in [1.82, 2.24) is 9.97 Å². The summed E-state index contributed by atoms with van der Waals surface area (Å²) >= 11 is 0. The molecule has 0 saturated heterocycles. The van der Waals surface area contributed by atoms with Gasteiger partial charge in [0.15, 0.2) is 0 Å². The minimum atomic E-state index is 1.07. The zero-order valence-electron chi connectivity index (χ0n) is 11.4. The molecule has 2 nitrogen and oxygen atoms in total. The molecule has 2 heteroatoms. The van der Waals surface area contributed by atoms with Crippen molar-refractivity contribution in [1.29, 1.82) is 0 Å². The van der Waals surface area contributed by atoms with Crippen molar-refractivity contribution in [2.24, 2.45) is 0 Å². The standard InChI is InChI=1S/C16H24N2/c1-2-3-4-5-6-7-8-9-14-10-11-15-16(12-14)18-13-17-15/h10-13H,2-9H2,1H3,(H,17,18). The number of aromatic nitrogens is 2. The number of fused-ring (bicyclic) bond motifs is 1. The van der Waals surface area contributed by atoms with E-state index in [-0.39, 0.29) is 0 Å². The lowest BCUT2D eigenvalue weighted by molar-refractivity contribution is 0.589. The number of unbranched alkanes of at least 4 members (excludes halogenated alkanes) is 6. The first-order valence-corrected chi connectivity index (χ1v) is 7.32. The van der Waals surface area contributed by atoms with Gasteiger partial charge in [-0.25, -0.2) is 4.98 Å². The highest BCUT2D eigenvalue weighted by Crippen LogP contribution is 2.15. The number of imidazole rings is 1. The molecule has 0 aliphatic heterocycles. The molecule has 2 aromatic rings.